The molecule has 0 saturated heterocycles. The zero-order valence-corrected chi connectivity index (χ0v) is 9.44. The van der Waals surface area contributed by atoms with E-state index < -0.39 is 0 Å². The molecule has 0 aliphatic carbocycles. The Morgan fingerprint density at radius 3 is 2.31 bits per heavy atom. The lowest BCUT2D eigenvalue weighted by molar-refractivity contribution is 0.362. The highest BCUT2D eigenvalue weighted by Crippen LogP contribution is 2.44. The monoisotopic (exact) mass is 266 g/mol. The van der Waals surface area contributed by atoms with Crippen molar-refractivity contribution in [3.8, 4) is 17.2 Å². The van der Waals surface area contributed by atoms with E-state index in [1.165, 1.54) is 20.3 Å². The van der Waals surface area contributed by atoms with E-state index >= 15 is 0 Å². The molecule has 0 bridgehead atoms. The van der Waals surface area contributed by atoms with Gasteiger partial charge in [0.25, 0.3) is 0 Å². The van der Waals surface area contributed by atoms with Crippen LogP contribution in [0.2, 0.25) is 5.02 Å². The van der Waals surface area contributed by atoms with Crippen LogP contribution in [0, 0.1) is 0 Å². The van der Waals surface area contributed by atoms with Gasteiger partial charge in [0.15, 0.2) is 11.5 Å². The van der Waals surface area contributed by atoms with Gasteiger partial charge in [-0.25, -0.2) is 0 Å². The average molecular weight is 268 g/mol. The molecule has 0 aliphatic heterocycles. The molecule has 0 amide bonds. The topological polar surface area (TPSA) is 38.7 Å². The summed E-state index contributed by atoms with van der Waals surface area (Å²) in [4.78, 5) is 0. The third kappa shape index (κ3) is 1.84. The number of methoxy groups -OCH3 is 2. The Balaban J connectivity index is 3.36. The van der Waals surface area contributed by atoms with Gasteiger partial charge in [-0.15, -0.1) is 0 Å². The van der Waals surface area contributed by atoms with E-state index in [-0.39, 0.29) is 5.75 Å². The normalized spacial score (nSPS) is 9.85. The summed E-state index contributed by atoms with van der Waals surface area (Å²) in [5.74, 6) is 0.726. The van der Waals surface area contributed by atoms with Gasteiger partial charge in [-0.2, -0.15) is 0 Å². The zero-order valence-electron chi connectivity index (χ0n) is 7.10. The summed E-state index contributed by atoms with van der Waals surface area (Å²) in [6.07, 6.45) is 0. The van der Waals surface area contributed by atoms with Gasteiger partial charge in [0, 0.05) is 6.07 Å². The van der Waals surface area contributed by atoms with Crippen LogP contribution >= 0.6 is 27.5 Å². The molecule has 0 radical (unpaired) electrons. The summed E-state index contributed by atoms with van der Waals surface area (Å²) in [7, 11) is 2.94. The van der Waals surface area contributed by atoms with Crippen molar-refractivity contribution in [1.29, 1.82) is 0 Å². The van der Waals surface area contributed by atoms with Crippen molar-refractivity contribution in [3.63, 3.8) is 0 Å². The number of hydrogen-bond donors (Lipinski definition) is 1. The second-order valence-electron chi connectivity index (χ2n) is 2.26. The van der Waals surface area contributed by atoms with Crippen LogP contribution in [-0.2, 0) is 0 Å². The maximum absolute atomic E-state index is 9.49. The Bertz CT molecular complexity index is 299. The number of phenolic OH excluding ortho intramolecular Hbond substituents is 1. The van der Waals surface area contributed by atoms with Gasteiger partial charge in [0.1, 0.15) is 10.8 Å². The molecular weight excluding hydrogens is 259 g/mol. The quantitative estimate of drug-likeness (QED) is 0.895. The standard InChI is InChI=1S/C8H8BrClO3/c1-12-4-3-5(13-2)8(11)6(9)7(4)10/h3,11H,1-2H3. The van der Waals surface area contributed by atoms with Crippen molar-refractivity contribution in [2.75, 3.05) is 14.2 Å². The summed E-state index contributed by atoms with van der Waals surface area (Å²) < 4.78 is 10.2. The first-order chi connectivity index (χ1) is 6.11. The number of benzene rings is 1. The molecule has 0 unspecified atom stereocenters. The van der Waals surface area contributed by atoms with Gasteiger partial charge in [0.2, 0.25) is 0 Å². The highest BCUT2D eigenvalue weighted by molar-refractivity contribution is 9.10. The van der Waals surface area contributed by atoms with Crippen LogP contribution in [-0.4, -0.2) is 19.3 Å². The van der Waals surface area contributed by atoms with E-state index in [0.29, 0.717) is 21.0 Å². The zero-order chi connectivity index (χ0) is 10.0. The lowest BCUT2D eigenvalue weighted by atomic mass is 10.3. The lowest BCUT2D eigenvalue weighted by Gasteiger charge is -2.10. The summed E-state index contributed by atoms with van der Waals surface area (Å²) in [5, 5.41) is 9.81. The van der Waals surface area contributed by atoms with E-state index in [1.54, 1.807) is 0 Å². The van der Waals surface area contributed by atoms with Gasteiger partial charge >= 0.3 is 0 Å². The second kappa shape index (κ2) is 4.07. The minimum atomic E-state index is -0.0340. The molecule has 13 heavy (non-hydrogen) atoms. The third-order valence-corrected chi connectivity index (χ3v) is 2.93. The third-order valence-electron chi connectivity index (χ3n) is 1.55. The van der Waals surface area contributed by atoms with Crippen molar-refractivity contribution >= 4 is 27.5 Å². The van der Waals surface area contributed by atoms with E-state index in [0.717, 1.165) is 0 Å². The van der Waals surface area contributed by atoms with Crippen molar-refractivity contribution in [1.82, 2.24) is 0 Å². The first-order valence-electron chi connectivity index (χ1n) is 3.40. The lowest BCUT2D eigenvalue weighted by Crippen LogP contribution is -1.89. The molecule has 5 heteroatoms. The number of rotatable bonds is 2. The number of halogens is 2. The predicted octanol–water partition coefficient (Wildman–Crippen LogP) is 2.83. The summed E-state index contributed by atoms with van der Waals surface area (Å²) >= 11 is 8.96. The fourth-order valence-corrected chi connectivity index (χ4v) is 1.49. The SMILES string of the molecule is COc1cc(OC)c(Cl)c(Br)c1O. The molecule has 1 rings (SSSR count). The van der Waals surface area contributed by atoms with E-state index in [4.69, 9.17) is 21.1 Å². The predicted molar refractivity (Wildman–Crippen MR) is 53.9 cm³/mol. The molecular formula is C8H8BrClO3. The van der Waals surface area contributed by atoms with Crippen molar-refractivity contribution < 1.29 is 14.6 Å². The fourth-order valence-electron chi connectivity index (χ4n) is 0.875. The maximum atomic E-state index is 9.49. The van der Waals surface area contributed by atoms with Crippen LogP contribution < -0.4 is 9.47 Å². The highest BCUT2D eigenvalue weighted by atomic mass is 79.9. The van der Waals surface area contributed by atoms with Gasteiger partial charge in [-0.1, -0.05) is 11.6 Å². The fraction of sp³-hybridized carbons (Fsp3) is 0.250. The maximum Gasteiger partial charge on any atom is 0.174 e. The van der Waals surface area contributed by atoms with Crippen molar-refractivity contribution in [2.24, 2.45) is 0 Å². The minimum absolute atomic E-state index is 0.0340. The minimum Gasteiger partial charge on any atom is -0.503 e. The second-order valence-corrected chi connectivity index (χ2v) is 3.43. The summed E-state index contributed by atoms with van der Waals surface area (Å²) in [5.41, 5.74) is 0. The van der Waals surface area contributed by atoms with Crippen LogP contribution in [0.5, 0.6) is 17.2 Å². The Morgan fingerprint density at radius 2 is 1.85 bits per heavy atom. The van der Waals surface area contributed by atoms with Crippen molar-refractivity contribution in [2.45, 2.75) is 0 Å². The van der Waals surface area contributed by atoms with Crippen LogP contribution in [0.15, 0.2) is 10.5 Å². The smallest absolute Gasteiger partial charge is 0.174 e. The molecule has 1 aromatic carbocycles. The first kappa shape index (κ1) is 10.5. The van der Waals surface area contributed by atoms with Gasteiger partial charge in [-0.3, -0.25) is 0 Å². The molecule has 72 valence electrons. The Morgan fingerprint density at radius 1 is 1.31 bits per heavy atom. The molecule has 0 aromatic heterocycles. The average Bonchev–Trinajstić information content (AvgIpc) is 2.15. The Kier molecular flexibility index (Phi) is 3.27. The first-order valence-corrected chi connectivity index (χ1v) is 4.57. The summed E-state index contributed by atoms with van der Waals surface area (Å²) in [6.45, 7) is 0. The van der Waals surface area contributed by atoms with Crippen molar-refractivity contribution in [3.05, 3.63) is 15.6 Å². The molecule has 0 fully saturated rings. The van der Waals surface area contributed by atoms with Crippen LogP contribution in [0.4, 0.5) is 0 Å². The number of aromatic hydroxyl groups is 1. The van der Waals surface area contributed by atoms with Gasteiger partial charge in [0.05, 0.1) is 18.7 Å². The van der Waals surface area contributed by atoms with E-state index in [9.17, 15) is 5.11 Å². The molecule has 1 N–H and O–H groups in total. The number of ether oxygens (including phenoxy) is 2. The molecule has 0 aliphatic rings. The molecule has 0 saturated carbocycles. The van der Waals surface area contributed by atoms with Crippen LogP contribution in [0.3, 0.4) is 0 Å². The van der Waals surface area contributed by atoms with Gasteiger partial charge in [-0.05, 0) is 15.9 Å². The van der Waals surface area contributed by atoms with E-state index in [1.807, 2.05) is 0 Å². The van der Waals surface area contributed by atoms with Gasteiger partial charge < -0.3 is 14.6 Å². The van der Waals surface area contributed by atoms with E-state index in [2.05, 4.69) is 15.9 Å². The highest BCUT2D eigenvalue weighted by Gasteiger charge is 2.15. The number of phenols is 1. The number of hydrogen-bond acceptors (Lipinski definition) is 3. The molecule has 0 heterocycles. The molecule has 3 nitrogen and oxygen atoms in total. The largest absolute Gasteiger partial charge is 0.503 e. The molecule has 1 aromatic rings. The van der Waals surface area contributed by atoms with Crippen LogP contribution in [0.1, 0.15) is 0 Å². The Hall–Kier alpha value is -0.610. The Labute approximate surface area is 89.4 Å². The molecule has 0 spiro atoms. The summed E-state index contributed by atoms with van der Waals surface area (Å²) in [6, 6.07) is 1.52. The van der Waals surface area contributed by atoms with Crippen LogP contribution in [0.25, 0.3) is 0 Å². The molecule has 0 atom stereocenters.